The number of benzene rings is 1. The second-order valence-corrected chi connectivity index (χ2v) is 8.16. The summed E-state index contributed by atoms with van der Waals surface area (Å²) in [5, 5.41) is 0. The van der Waals surface area contributed by atoms with Crippen LogP contribution in [-0.4, -0.2) is 0 Å². The maximum absolute atomic E-state index is 4.93. The summed E-state index contributed by atoms with van der Waals surface area (Å²) in [5.74, 6) is 0. The Kier molecular flexibility index (Phi) is 5.96. The van der Waals surface area contributed by atoms with Crippen LogP contribution in [0.2, 0.25) is 0 Å². The molecule has 1 aromatic carbocycles. The van der Waals surface area contributed by atoms with Gasteiger partial charge in [0, 0.05) is 6.42 Å². The minimum atomic E-state index is -0.826. The minimum absolute atomic E-state index is 0.826. The van der Waals surface area contributed by atoms with E-state index >= 15 is 0 Å². The number of allylic oxidation sites excluding steroid dienone is 1. The molecule has 0 fully saturated rings. The van der Waals surface area contributed by atoms with Gasteiger partial charge in [0.05, 0.1) is 0 Å². The summed E-state index contributed by atoms with van der Waals surface area (Å²) in [6.07, 6.45) is 4.59. The standard InChI is InChI=1S/C14H17.2ClH.Zr/c1-8-6-13-11(4)9(2)10(3)12(5)14(13)7-8;;;/h6-7H,1-5H3;2*1H;/q;;;+2/p-2. The SMILES string of the molecule is CC1=Cc2c(C)c(C)c(C)c(C)c2[CH]1.[Cl][Zr][Cl]. The molecule has 0 atom stereocenters. The number of hydrogen-bond donors (Lipinski definition) is 0. The molecule has 0 aromatic heterocycles. The van der Waals surface area contributed by atoms with Crippen LogP contribution in [-0.2, 0) is 20.8 Å². The molecule has 91 valence electrons. The molecule has 17 heavy (non-hydrogen) atoms. The third-order valence-electron chi connectivity index (χ3n) is 3.53. The molecule has 2 rings (SSSR count). The van der Waals surface area contributed by atoms with Crippen molar-refractivity contribution in [2.24, 2.45) is 0 Å². The van der Waals surface area contributed by atoms with Crippen molar-refractivity contribution < 1.29 is 20.8 Å². The Morgan fingerprint density at radius 3 is 1.65 bits per heavy atom. The summed E-state index contributed by atoms with van der Waals surface area (Å²) in [4.78, 5) is 0. The van der Waals surface area contributed by atoms with Crippen LogP contribution < -0.4 is 0 Å². The van der Waals surface area contributed by atoms with Gasteiger partial charge < -0.3 is 0 Å². The second-order valence-electron chi connectivity index (χ2n) is 4.43. The molecule has 1 aromatic rings. The van der Waals surface area contributed by atoms with Crippen LogP contribution in [0.4, 0.5) is 0 Å². The van der Waals surface area contributed by atoms with E-state index < -0.39 is 20.8 Å². The van der Waals surface area contributed by atoms with Crippen molar-refractivity contribution in [3.05, 3.63) is 45.4 Å². The summed E-state index contributed by atoms with van der Waals surface area (Å²) in [6, 6.07) is 0. The van der Waals surface area contributed by atoms with Crippen LogP contribution in [0.1, 0.15) is 40.3 Å². The Labute approximate surface area is 123 Å². The van der Waals surface area contributed by atoms with E-state index in [9.17, 15) is 0 Å². The van der Waals surface area contributed by atoms with Crippen molar-refractivity contribution >= 4 is 23.1 Å². The van der Waals surface area contributed by atoms with Gasteiger partial charge in [0.15, 0.2) is 0 Å². The first-order valence-corrected chi connectivity index (χ1v) is 11.9. The monoisotopic (exact) mass is 345 g/mol. The van der Waals surface area contributed by atoms with Crippen molar-refractivity contribution in [1.29, 1.82) is 0 Å². The van der Waals surface area contributed by atoms with Gasteiger partial charge in [0.1, 0.15) is 0 Å². The first-order valence-electron chi connectivity index (χ1n) is 5.53. The van der Waals surface area contributed by atoms with Gasteiger partial charge in [0.25, 0.3) is 0 Å². The van der Waals surface area contributed by atoms with E-state index in [-0.39, 0.29) is 0 Å². The van der Waals surface area contributed by atoms with Gasteiger partial charge in [-0.05, 0) is 68.0 Å². The molecule has 0 aliphatic heterocycles. The van der Waals surface area contributed by atoms with Gasteiger partial charge in [-0.2, -0.15) is 0 Å². The van der Waals surface area contributed by atoms with E-state index in [1.165, 1.54) is 39.0 Å². The molecule has 0 spiro atoms. The quantitative estimate of drug-likeness (QED) is 0.600. The molecular weight excluding hydrogens is 330 g/mol. The van der Waals surface area contributed by atoms with E-state index in [1.54, 1.807) is 0 Å². The fourth-order valence-electron chi connectivity index (χ4n) is 2.24. The molecule has 0 amide bonds. The Bertz CT molecular complexity index is 462. The Hall–Kier alpha value is 0.423. The van der Waals surface area contributed by atoms with Gasteiger partial charge in [-0.3, -0.25) is 0 Å². The average Bonchev–Trinajstić information content (AvgIpc) is 2.67. The molecule has 0 nitrogen and oxygen atoms in total. The average molecular weight is 347 g/mol. The second kappa shape index (κ2) is 6.55. The van der Waals surface area contributed by atoms with Crippen molar-refractivity contribution in [2.45, 2.75) is 34.6 Å². The van der Waals surface area contributed by atoms with Crippen LogP contribution in [0.25, 0.3) is 6.08 Å². The van der Waals surface area contributed by atoms with E-state index in [0.29, 0.717) is 0 Å². The summed E-state index contributed by atoms with van der Waals surface area (Å²) in [7, 11) is 9.87. The summed E-state index contributed by atoms with van der Waals surface area (Å²) in [6.45, 7) is 11.1. The third-order valence-corrected chi connectivity index (χ3v) is 3.53. The zero-order valence-electron chi connectivity index (χ0n) is 10.9. The first kappa shape index (κ1) is 15.5. The third kappa shape index (κ3) is 3.25. The van der Waals surface area contributed by atoms with E-state index in [0.717, 1.165) is 0 Å². The molecule has 1 aliphatic rings. The Morgan fingerprint density at radius 2 is 1.18 bits per heavy atom. The summed E-state index contributed by atoms with van der Waals surface area (Å²) in [5.41, 5.74) is 10.0. The van der Waals surface area contributed by atoms with Gasteiger partial charge in [0.2, 0.25) is 0 Å². The molecule has 0 heterocycles. The maximum atomic E-state index is 4.93. The van der Waals surface area contributed by atoms with Crippen molar-refractivity contribution in [1.82, 2.24) is 0 Å². The molecule has 0 N–H and O–H groups in total. The molecular formula is C14H17Cl2Zr. The fourth-order valence-corrected chi connectivity index (χ4v) is 2.24. The van der Waals surface area contributed by atoms with Gasteiger partial charge in [-0.15, -0.1) is 0 Å². The van der Waals surface area contributed by atoms with Crippen LogP contribution in [0.15, 0.2) is 5.57 Å². The number of rotatable bonds is 0. The molecule has 0 unspecified atom stereocenters. The Morgan fingerprint density at radius 1 is 0.765 bits per heavy atom. The normalized spacial score (nSPS) is 12.5. The predicted molar refractivity (Wildman–Crippen MR) is 74.1 cm³/mol. The summed E-state index contributed by atoms with van der Waals surface area (Å²) < 4.78 is 0. The number of halogens is 2. The van der Waals surface area contributed by atoms with Gasteiger partial charge in [-0.25, -0.2) is 0 Å². The van der Waals surface area contributed by atoms with Crippen LogP contribution >= 0.6 is 17.0 Å². The van der Waals surface area contributed by atoms with Crippen molar-refractivity contribution in [2.75, 3.05) is 0 Å². The fraction of sp³-hybridized carbons (Fsp3) is 0.357. The zero-order chi connectivity index (χ0) is 13.2. The van der Waals surface area contributed by atoms with Gasteiger partial charge >= 0.3 is 37.9 Å². The predicted octanol–water partition coefficient (Wildman–Crippen LogP) is 5.27. The van der Waals surface area contributed by atoms with E-state index in [4.69, 9.17) is 17.0 Å². The van der Waals surface area contributed by atoms with E-state index in [2.05, 4.69) is 47.1 Å². The van der Waals surface area contributed by atoms with Crippen LogP contribution in [0.3, 0.4) is 0 Å². The number of hydrogen-bond acceptors (Lipinski definition) is 0. The topological polar surface area (TPSA) is 0 Å². The van der Waals surface area contributed by atoms with Gasteiger partial charge in [-0.1, -0.05) is 11.6 Å². The molecule has 3 heteroatoms. The molecule has 0 saturated carbocycles. The molecule has 0 saturated heterocycles. The van der Waals surface area contributed by atoms with E-state index in [1.807, 2.05) is 0 Å². The Balaban J connectivity index is 0.000000437. The summed E-state index contributed by atoms with van der Waals surface area (Å²) >= 11 is -0.826. The van der Waals surface area contributed by atoms with Crippen LogP contribution in [0.5, 0.6) is 0 Å². The molecule has 1 radical (unpaired) electrons. The first-order chi connectivity index (χ1) is 7.93. The zero-order valence-corrected chi connectivity index (χ0v) is 14.9. The number of fused-ring (bicyclic) bond motifs is 1. The molecule has 1 aliphatic carbocycles. The van der Waals surface area contributed by atoms with Crippen molar-refractivity contribution in [3.63, 3.8) is 0 Å². The molecule has 0 bridgehead atoms. The van der Waals surface area contributed by atoms with Crippen LogP contribution in [0, 0.1) is 34.1 Å². The van der Waals surface area contributed by atoms with Crippen molar-refractivity contribution in [3.8, 4) is 0 Å².